The molecule has 156 valence electrons. The number of pyridine rings is 1. The summed E-state index contributed by atoms with van der Waals surface area (Å²) in [6.07, 6.45) is -0.971. The van der Waals surface area contributed by atoms with Crippen LogP contribution < -0.4 is 15.4 Å². The van der Waals surface area contributed by atoms with Crippen LogP contribution in [0.2, 0.25) is 0 Å². The largest absolute Gasteiger partial charge is 0.468 e. The molecule has 0 saturated carbocycles. The standard InChI is InChI=1S/C17H27F3N4O2.HI/c1-3-21-16(22-9-5-6-10-25-4-2)24-12-14-7-8-15(23-11-14)26-13-17(18,19)20;/h7-8,11H,3-6,9-10,12-13H2,1-2H3,(H2,21,22,24);1H. The molecule has 1 aromatic heterocycles. The Bertz CT molecular complexity index is 528. The Morgan fingerprint density at radius 1 is 1.19 bits per heavy atom. The van der Waals surface area contributed by atoms with E-state index in [1.54, 1.807) is 6.07 Å². The van der Waals surface area contributed by atoms with Crippen LogP contribution in [0.3, 0.4) is 0 Å². The number of unbranched alkanes of at least 4 members (excludes halogenated alkanes) is 1. The number of aliphatic imine (C=N–C) groups is 1. The molecule has 0 aliphatic heterocycles. The molecule has 1 aromatic rings. The molecule has 0 atom stereocenters. The molecule has 0 fully saturated rings. The van der Waals surface area contributed by atoms with E-state index in [0.29, 0.717) is 12.5 Å². The van der Waals surface area contributed by atoms with Gasteiger partial charge in [0.05, 0.1) is 6.54 Å². The van der Waals surface area contributed by atoms with Gasteiger partial charge in [0.25, 0.3) is 0 Å². The van der Waals surface area contributed by atoms with Crippen LogP contribution in [-0.2, 0) is 11.3 Å². The zero-order valence-corrected chi connectivity index (χ0v) is 18.0. The van der Waals surface area contributed by atoms with Crippen LogP contribution in [0.4, 0.5) is 13.2 Å². The summed E-state index contributed by atoms with van der Waals surface area (Å²) in [5.41, 5.74) is 0.776. The van der Waals surface area contributed by atoms with Gasteiger partial charge in [0, 0.05) is 38.6 Å². The quantitative estimate of drug-likeness (QED) is 0.209. The number of aromatic nitrogens is 1. The van der Waals surface area contributed by atoms with Gasteiger partial charge in [-0.1, -0.05) is 6.07 Å². The number of alkyl halides is 3. The number of nitrogens with one attached hydrogen (secondary N) is 2. The highest BCUT2D eigenvalue weighted by atomic mass is 127. The predicted molar refractivity (Wildman–Crippen MR) is 110 cm³/mol. The Kier molecular flexibility index (Phi) is 14.0. The van der Waals surface area contributed by atoms with Gasteiger partial charge in [-0.3, -0.25) is 0 Å². The maximum absolute atomic E-state index is 12.1. The SMILES string of the molecule is CCNC(=NCc1ccc(OCC(F)(F)F)nc1)NCCCCOCC.I. The number of hydrogen-bond donors (Lipinski definition) is 2. The fourth-order valence-electron chi connectivity index (χ4n) is 1.94. The molecule has 0 radical (unpaired) electrons. The molecular weight excluding hydrogens is 476 g/mol. The minimum atomic E-state index is -4.38. The van der Waals surface area contributed by atoms with E-state index in [-0.39, 0.29) is 29.9 Å². The number of halogens is 4. The lowest BCUT2D eigenvalue weighted by Crippen LogP contribution is -2.37. The van der Waals surface area contributed by atoms with Crippen LogP contribution in [0.25, 0.3) is 0 Å². The van der Waals surface area contributed by atoms with E-state index in [1.165, 1.54) is 12.3 Å². The third-order valence-corrected chi connectivity index (χ3v) is 3.16. The van der Waals surface area contributed by atoms with Crippen LogP contribution in [-0.4, -0.2) is 50.0 Å². The van der Waals surface area contributed by atoms with E-state index >= 15 is 0 Å². The van der Waals surface area contributed by atoms with Crippen LogP contribution in [0, 0.1) is 0 Å². The zero-order valence-electron chi connectivity index (χ0n) is 15.6. The maximum atomic E-state index is 12.1. The van der Waals surface area contributed by atoms with Crippen LogP contribution in [0.5, 0.6) is 5.88 Å². The summed E-state index contributed by atoms with van der Waals surface area (Å²) in [4.78, 5) is 8.30. The molecule has 2 N–H and O–H groups in total. The first-order valence-corrected chi connectivity index (χ1v) is 8.69. The van der Waals surface area contributed by atoms with Crippen LogP contribution in [0.1, 0.15) is 32.3 Å². The van der Waals surface area contributed by atoms with E-state index in [2.05, 4.69) is 25.3 Å². The Morgan fingerprint density at radius 3 is 2.56 bits per heavy atom. The molecule has 0 saturated heterocycles. The first-order chi connectivity index (χ1) is 12.4. The summed E-state index contributed by atoms with van der Waals surface area (Å²) in [7, 11) is 0. The molecule has 0 spiro atoms. The molecule has 0 aromatic carbocycles. The molecule has 6 nitrogen and oxygen atoms in total. The summed E-state index contributed by atoms with van der Waals surface area (Å²) >= 11 is 0. The molecule has 0 amide bonds. The third kappa shape index (κ3) is 13.5. The Labute approximate surface area is 175 Å². The first kappa shape index (κ1) is 25.7. The number of nitrogens with zero attached hydrogens (tertiary/aromatic N) is 2. The minimum Gasteiger partial charge on any atom is -0.468 e. The van der Waals surface area contributed by atoms with E-state index in [4.69, 9.17) is 4.74 Å². The van der Waals surface area contributed by atoms with Crippen molar-refractivity contribution in [3.8, 4) is 5.88 Å². The summed E-state index contributed by atoms with van der Waals surface area (Å²) in [5.74, 6) is 0.621. The fraction of sp³-hybridized carbons (Fsp3) is 0.647. The highest BCUT2D eigenvalue weighted by Crippen LogP contribution is 2.17. The second kappa shape index (κ2) is 14.7. The van der Waals surface area contributed by atoms with E-state index in [9.17, 15) is 13.2 Å². The van der Waals surface area contributed by atoms with Crippen molar-refractivity contribution in [1.29, 1.82) is 0 Å². The Hall–Kier alpha value is -1.30. The van der Waals surface area contributed by atoms with E-state index < -0.39 is 12.8 Å². The van der Waals surface area contributed by atoms with Crippen molar-refractivity contribution in [2.45, 2.75) is 39.4 Å². The van der Waals surface area contributed by atoms with Crippen molar-refractivity contribution in [3.05, 3.63) is 23.9 Å². The smallest absolute Gasteiger partial charge is 0.422 e. The fourth-order valence-corrected chi connectivity index (χ4v) is 1.94. The Morgan fingerprint density at radius 2 is 1.96 bits per heavy atom. The monoisotopic (exact) mass is 504 g/mol. The number of ether oxygens (including phenoxy) is 2. The summed E-state index contributed by atoms with van der Waals surface area (Å²) in [6.45, 7) is 5.94. The van der Waals surface area contributed by atoms with Gasteiger partial charge in [-0.25, -0.2) is 9.98 Å². The average Bonchev–Trinajstić information content (AvgIpc) is 2.61. The average molecular weight is 504 g/mol. The highest BCUT2D eigenvalue weighted by molar-refractivity contribution is 14.0. The van der Waals surface area contributed by atoms with Crippen molar-refractivity contribution in [2.24, 2.45) is 4.99 Å². The van der Waals surface area contributed by atoms with E-state index in [1.807, 2.05) is 13.8 Å². The summed E-state index contributed by atoms with van der Waals surface area (Å²) in [5, 5.41) is 6.37. The molecule has 0 bridgehead atoms. The van der Waals surface area contributed by atoms with Crippen LogP contribution in [0.15, 0.2) is 23.3 Å². The van der Waals surface area contributed by atoms with Gasteiger partial charge < -0.3 is 20.1 Å². The van der Waals surface area contributed by atoms with Gasteiger partial charge in [-0.15, -0.1) is 24.0 Å². The van der Waals surface area contributed by atoms with Crippen molar-refractivity contribution in [1.82, 2.24) is 15.6 Å². The molecule has 10 heteroatoms. The molecule has 27 heavy (non-hydrogen) atoms. The molecule has 1 heterocycles. The maximum Gasteiger partial charge on any atom is 0.422 e. The van der Waals surface area contributed by atoms with Gasteiger partial charge in [-0.05, 0) is 32.3 Å². The lowest BCUT2D eigenvalue weighted by molar-refractivity contribution is -0.154. The predicted octanol–water partition coefficient (Wildman–Crippen LogP) is 3.51. The van der Waals surface area contributed by atoms with Gasteiger partial charge in [0.15, 0.2) is 12.6 Å². The Balaban J connectivity index is 0.00000676. The van der Waals surface area contributed by atoms with Crippen LogP contribution >= 0.6 is 24.0 Å². The summed E-state index contributed by atoms with van der Waals surface area (Å²) < 4.78 is 46.2. The lowest BCUT2D eigenvalue weighted by Gasteiger charge is -2.11. The van der Waals surface area contributed by atoms with Gasteiger partial charge >= 0.3 is 6.18 Å². The summed E-state index contributed by atoms with van der Waals surface area (Å²) in [6, 6.07) is 3.05. The topological polar surface area (TPSA) is 67.8 Å². The van der Waals surface area contributed by atoms with Crippen molar-refractivity contribution < 1.29 is 22.6 Å². The number of guanidine groups is 1. The normalized spacial score (nSPS) is 11.7. The highest BCUT2D eigenvalue weighted by Gasteiger charge is 2.28. The van der Waals surface area contributed by atoms with Gasteiger partial charge in [-0.2, -0.15) is 13.2 Å². The molecule has 1 rings (SSSR count). The molecule has 0 unspecified atom stereocenters. The second-order valence-electron chi connectivity index (χ2n) is 5.43. The first-order valence-electron chi connectivity index (χ1n) is 8.69. The number of rotatable bonds is 11. The van der Waals surface area contributed by atoms with Gasteiger partial charge in [0.1, 0.15) is 0 Å². The van der Waals surface area contributed by atoms with Crippen molar-refractivity contribution >= 4 is 29.9 Å². The third-order valence-electron chi connectivity index (χ3n) is 3.16. The van der Waals surface area contributed by atoms with Gasteiger partial charge in [0.2, 0.25) is 5.88 Å². The second-order valence-corrected chi connectivity index (χ2v) is 5.43. The number of hydrogen-bond acceptors (Lipinski definition) is 4. The van der Waals surface area contributed by atoms with Crippen molar-refractivity contribution in [2.75, 3.05) is 32.9 Å². The van der Waals surface area contributed by atoms with Crippen molar-refractivity contribution in [3.63, 3.8) is 0 Å². The molecular formula is C17H28F3IN4O2. The minimum absolute atomic E-state index is 0. The zero-order chi connectivity index (χ0) is 19.3. The molecule has 0 aliphatic carbocycles. The van der Waals surface area contributed by atoms with E-state index in [0.717, 1.165) is 44.7 Å². The molecule has 0 aliphatic rings. The lowest BCUT2D eigenvalue weighted by atomic mass is 10.3.